The van der Waals surface area contributed by atoms with Crippen molar-refractivity contribution in [3.8, 4) is 6.07 Å². The van der Waals surface area contributed by atoms with Crippen LogP contribution in [0.5, 0.6) is 0 Å². The van der Waals surface area contributed by atoms with Crippen LogP contribution in [0.2, 0.25) is 0 Å². The Morgan fingerprint density at radius 1 is 1.21 bits per heavy atom. The second-order valence-corrected chi connectivity index (χ2v) is 5.36. The first-order valence-corrected chi connectivity index (χ1v) is 5.85. The Morgan fingerprint density at radius 3 is 2.86 bits per heavy atom. The Hall–Kier alpha value is -0.550. The minimum atomic E-state index is 0.119. The average Bonchev–Trinajstić information content (AvgIpc) is 2.86. The molecule has 3 aliphatic rings. The van der Waals surface area contributed by atoms with Crippen molar-refractivity contribution >= 4 is 0 Å². The van der Waals surface area contributed by atoms with Gasteiger partial charge in [-0.3, -0.25) is 0 Å². The smallest absolute Gasteiger partial charge is 0.0695 e. The standard InChI is InChI=1S/C12H17NO/c13-7-9-1-3-12(6-9)4-2-10-5-11(10)8-14-12/h9-11H,1-6,8H2. The van der Waals surface area contributed by atoms with Crippen molar-refractivity contribution in [3.05, 3.63) is 0 Å². The van der Waals surface area contributed by atoms with E-state index in [0.29, 0.717) is 0 Å². The van der Waals surface area contributed by atoms with Crippen LogP contribution in [0, 0.1) is 29.1 Å². The second kappa shape index (κ2) is 2.97. The van der Waals surface area contributed by atoms with Gasteiger partial charge >= 0.3 is 0 Å². The van der Waals surface area contributed by atoms with Gasteiger partial charge in [-0.05, 0) is 50.4 Å². The van der Waals surface area contributed by atoms with E-state index in [1.165, 1.54) is 19.3 Å². The molecule has 14 heavy (non-hydrogen) atoms. The maximum atomic E-state index is 8.91. The fourth-order valence-corrected chi connectivity index (χ4v) is 3.23. The summed E-state index contributed by atoms with van der Waals surface area (Å²) in [6.07, 6.45) is 7.16. The fourth-order valence-electron chi connectivity index (χ4n) is 3.23. The molecule has 0 aromatic heterocycles. The molecule has 1 heterocycles. The van der Waals surface area contributed by atoms with Crippen molar-refractivity contribution in [2.45, 2.75) is 44.1 Å². The number of ether oxygens (including phenoxy) is 1. The molecule has 0 bridgehead atoms. The van der Waals surface area contributed by atoms with Crippen molar-refractivity contribution in [1.82, 2.24) is 0 Å². The number of rotatable bonds is 0. The lowest BCUT2D eigenvalue weighted by Crippen LogP contribution is -2.29. The Balaban J connectivity index is 1.69. The SMILES string of the molecule is N#CC1CCC2(CCC3CC3CO2)C1. The second-order valence-electron chi connectivity index (χ2n) is 5.36. The average molecular weight is 191 g/mol. The van der Waals surface area contributed by atoms with Crippen molar-refractivity contribution in [2.75, 3.05) is 6.61 Å². The van der Waals surface area contributed by atoms with Crippen LogP contribution in [0.15, 0.2) is 0 Å². The van der Waals surface area contributed by atoms with Gasteiger partial charge in [0.25, 0.3) is 0 Å². The molecule has 4 atom stereocenters. The third-order valence-electron chi connectivity index (χ3n) is 4.39. The van der Waals surface area contributed by atoms with E-state index in [0.717, 1.165) is 37.7 Å². The van der Waals surface area contributed by atoms with Crippen molar-refractivity contribution in [1.29, 1.82) is 5.26 Å². The molecule has 3 rings (SSSR count). The molecule has 1 aliphatic heterocycles. The lowest BCUT2D eigenvalue weighted by Gasteiger charge is -2.28. The Morgan fingerprint density at radius 2 is 2.07 bits per heavy atom. The number of fused-ring (bicyclic) bond motifs is 1. The zero-order valence-corrected chi connectivity index (χ0v) is 8.54. The topological polar surface area (TPSA) is 33.0 Å². The van der Waals surface area contributed by atoms with E-state index in [1.807, 2.05) is 0 Å². The van der Waals surface area contributed by atoms with Crippen molar-refractivity contribution in [3.63, 3.8) is 0 Å². The lowest BCUT2D eigenvalue weighted by atomic mass is 9.93. The van der Waals surface area contributed by atoms with Gasteiger partial charge in [0.15, 0.2) is 0 Å². The normalized spacial score (nSPS) is 50.9. The maximum absolute atomic E-state index is 8.91. The molecular weight excluding hydrogens is 174 g/mol. The first-order valence-electron chi connectivity index (χ1n) is 5.85. The van der Waals surface area contributed by atoms with Crippen LogP contribution in [0.25, 0.3) is 0 Å². The van der Waals surface area contributed by atoms with Crippen molar-refractivity contribution < 1.29 is 4.74 Å². The van der Waals surface area contributed by atoms with E-state index in [4.69, 9.17) is 10.00 Å². The summed E-state index contributed by atoms with van der Waals surface area (Å²) in [6.45, 7) is 0.975. The number of nitriles is 1. The monoisotopic (exact) mass is 191 g/mol. The zero-order valence-electron chi connectivity index (χ0n) is 8.54. The molecule has 4 unspecified atom stereocenters. The van der Waals surface area contributed by atoms with Gasteiger partial charge in [-0.2, -0.15) is 5.26 Å². The van der Waals surface area contributed by atoms with Crippen LogP contribution in [-0.2, 0) is 4.74 Å². The van der Waals surface area contributed by atoms with E-state index < -0.39 is 0 Å². The molecule has 0 amide bonds. The van der Waals surface area contributed by atoms with Gasteiger partial charge in [-0.1, -0.05) is 0 Å². The molecule has 2 saturated carbocycles. The molecule has 2 aliphatic carbocycles. The largest absolute Gasteiger partial charge is 0.375 e. The predicted octanol–water partition coefficient (Wildman–Crippen LogP) is 2.50. The van der Waals surface area contributed by atoms with Gasteiger partial charge in [-0.25, -0.2) is 0 Å². The summed E-state index contributed by atoms with van der Waals surface area (Å²) in [4.78, 5) is 0. The van der Waals surface area contributed by atoms with Crippen LogP contribution in [0.3, 0.4) is 0 Å². The highest BCUT2D eigenvalue weighted by atomic mass is 16.5. The van der Waals surface area contributed by atoms with Crippen LogP contribution < -0.4 is 0 Å². The molecule has 0 radical (unpaired) electrons. The maximum Gasteiger partial charge on any atom is 0.0695 e. The van der Waals surface area contributed by atoms with Gasteiger partial charge in [0, 0.05) is 5.92 Å². The van der Waals surface area contributed by atoms with Gasteiger partial charge in [0.2, 0.25) is 0 Å². The molecule has 1 saturated heterocycles. The Bertz CT molecular complexity index is 269. The van der Waals surface area contributed by atoms with Gasteiger partial charge in [-0.15, -0.1) is 0 Å². The first-order chi connectivity index (χ1) is 6.81. The molecular formula is C12H17NO. The molecule has 2 heteroatoms. The Labute approximate surface area is 85.2 Å². The Kier molecular flexibility index (Phi) is 1.85. The fraction of sp³-hybridized carbons (Fsp3) is 0.917. The zero-order chi connectivity index (χ0) is 9.60. The van der Waals surface area contributed by atoms with E-state index in [2.05, 4.69) is 6.07 Å². The van der Waals surface area contributed by atoms with Gasteiger partial charge < -0.3 is 4.74 Å². The molecule has 0 N–H and O–H groups in total. The van der Waals surface area contributed by atoms with Crippen molar-refractivity contribution in [2.24, 2.45) is 17.8 Å². The molecule has 2 nitrogen and oxygen atoms in total. The highest BCUT2D eigenvalue weighted by Crippen LogP contribution is 2.51. The molecule has 0 aromatic rings. The van der Waals surface area contributed by atoms with Gasteiger partial charge in [0.1, 0.15) is 0 Å². The molecule has 1 spiro atoms. The number of nitrogens with zero attached hydrogens (tertiary/aromatic N) is 1. The minimum absolute atomic E-state index is 0.119. The van der Waals surface area contributed by atoms with Gasteiger partial charge in [0.05, 0.1) is 18.3 Å². The van der Waals surface area contributed by atoms with E-state index >= 15 is 0 Å². The van der Waals surface area contributed by atoms with E-state index in [-0.39, 0.29) is 11.5 Å². The summed E-state index contributed by atoms with van der Waals surface area (Å²) in [7, 11) is 0. The molecule has 76 valence electrons. The summed E-state index contributed by atoms with van der Waals surface area (Å²) < 4.78 is 6.09. The highest BCUT2D eigenvalue weighted by molar-refractivity contribution is 5.02. The van der Waals surface area contributed by atoms with E-state index in [1.54, 1.807) is 0 Å². The summed E-state index contributed by atoms with van der Waals surface area (Å²) in [5.74, 6) is 2.11. The summed E-state index contributed by atoms with van der Waals surface area (Å²) in [5.41, 5.74) is 0.119. The predicted molar refractivity (Wildman–Crippen MR) is 52.5 cm³/mol. The van der Waals surface area contributed by atoms with Crippen LogP contribution in [-0.4, -0.2) is 12.2 Å². The summed E-state index contributed by atoms with van der Waals surface area (Å²) in [6, 6.07) is 2.40. The van der Waals surface area contributed by atoms with Crippen LogP contribution in [0.4, 0.5) is 0 Å². The first kappa shape index (κ1) is 8.73. The summed E-state index contributed by atoms with van der Waals surface area (Å²) >= 11 is 0. The highest BCUT2D eigenvalue weighted by Gasteiger charge is 2.48. The quantitative estimate of drug-likeness (QED) is 0.589. The third-order valence-corrected chi connectivity index (χ3v) is 4.39. The molecule has 0 aromatic carbocycles. The van der Waals surface area contributed by atoms with Crippen LogP contribution in [0.1, 0.15) is 38.5 Å². The van der Waals surface area contributed by atoms with Crippen LogP contribution >= 0.6 is 0 Å². The number of hydrogen-bond acceptors (Lipinski definition) is 2. The third kappa shape index (κ3) is 1.35. The van der Waals surface area contributed by atoms with E-state index in [9.17, 15) is 0 Å². The molecule has 3 fully saturated rings. The number of hydrogen-bond donors (Lipinski definition) is 0. The summed E-state index contributed by atoms with van der Waals surface area (Å²) in [5, 5.41) is 8.91. The minimum Gasteiger partial charge on any atom is -0.375 e. The lowest BCUT2D eigenvalue weighted by molar-refractivity contribution is -0.0458.